The van der Waals surface area contributed by atoms with Crippen LogP contribution in [-0.4, -0.2) is 35.1 Å². The lowest BCUT2D eigenvalue weighted by molar-refractivity contribution is -0.129. The predicted molar refractivity (Wildman–Crippen MR) is 76.9 cm³/mol. The molecule has 0 bridgehead atoms. The normalized spacial score (nSPS) is 10.0. The van der Waals surface area contributed by atoms with E-state index in [1.165, 1.54) is 5.56 Å². The summed E-state index contributed by atoms with van der Waals surface area (Å²) in [4.78, 5) is 17.8. The van der Waals surface area contributed by atoms with Gasteiger partial charge in [-0.1, -0.05) is 0 Å². The van der Waals surface area contributed by atoms with Crippen LogP contribution in [0.25, 0.3) is 0 Å². The molecule has 0 saturated carbocycles. The Labute approximate surface area is 118 Å². The van der Waals surface area contributed by atoms with Gasteiger partial charge >= 0.3 is 0 Å². The van der Waals surface area contributed by atoms with E-state index in [-0.39, 0.29) is 5.91 Å². The molecule has 1 aromatic heterocycles. The Bertz CT molecular complexity index is 462. The molecule has 0 N–H and O–H groups in total. The first-order chi connectivity index (χ1) is 9.02. The highest BCUT2D eigenvalue weighted by atomic mass is 32.2. The van der Waals surface area contributed by atoms with Crippen LogP contribution in [0.3, 0.4) is 0 Å². The number of hydrogen-bond donors (Lipinski definition) is 0. The maximum atomic E-state index is 11.8. The van der Waals surface area contributed by atoms with Gasteiger partial charge in [0.1, 0.15) is 0 Å². The summed E-state index contributed by atoms with van der Waals surface area (Å²) in [6.07, 6.45) is 0.856. The Balaban J connectivity index is 2.37. The lowest BCUT2D eigenvalue weighted by atomic mass is 10.3. The van der Waals surface area contributed by atoms with Gasteiger partial charge in [0.2, 0.25) is 5.91 Å². The number of carbonyl (C=O) groups is 1. The lowest BCUT2D eigenvalue weighted by Crippen LogP contribution is -2.27. The number of thioether (sulfide) groups is 1. The molecule has 0 atom stereocenters. The zero-order chi connectivity index (χ0) is 14.3. The van der Waals surface area contributed by atoms with Crippen LogP contribution in [0.15, 0.2) is 17.2 Å². The van der Waals surface area contributed by atoms with Crippen molar-refractivity contribution in [1.82, 2.24) is 9.88 Å². The standard InChI is InChI=1S/C14H19N3OS/c1-11-9-12(2)16-13(10-11)19-8-5-14(18)17(3)7-4-6-15/h9-10H,4-5,7-8H2,1-3H3. The van der Waals surface area contributed by atoms with Gasteiger partial charge < -0.3 is 4.90 Å². The molecule has 102 valence electrons. The number of nitrogens with zero attached hydrogens (tertiary/aromatic N) is 3. The molecule has 19 heavy (non-hydrogen) atoms. The van der Waals surface area contributed by atoms with Crippen LogP contribution in [0.1, 0.15) is 24.1 Å². The van der Waals surface area contributed by atoms with Crippen molar-refractivity contribution < 1.29 is 4.79 Å². The Morgan fingerprint density at radius 3 is 2.84 bits per heavy atom. The Morgan fingerprint density at radius 2 is 2.21 bits per heavy atom. The van der Waals surface area contributed by atoms with Gasteiger partial charge in [-0.15, -0.1) is 11.8 Å². The van der Waals surface area contributed by atoms with Crippen molar-refractivity contribution in [3.8, 4) is 6.07 Å². The van der Waals surface area contributed by atoms with E-state index in [0.717, 1.165) is 10.7 Å². The van der Waals surface area contributed by atoms with Gasteiger partial charge in [-0.3, -0.25) is 4.79 Å². The second kappa shape index (κ2) is 7.80. The average molecular weight is 277 g/mol. The van der Waals surface area contributed by atoms with E-state index in [0.29, 0.717) is 25.1 Å². The molecular formula is C14H19N3OS. The number of aromatic nitrogens is 1. The molecule has 0 aliphatic carbocycles. The maximum absolute atomic E-state index is 11.8. The van der Waals surface area contributed by atoms with E-state index < -0.39 is 0 Å². The number of hydrogen-bond acceptors (Lipinski definition) is 4. The third kappa shape index (κ3) is 5.75. The molecule has 0 aliphatic heterocycles. The fourth-order valence-corrected chi connectivity index (χ4v) is 2.62. The summed E-state index contributed by atoms with van der Waals surface area (Å²) >= 11 is 1.59. The molecule has 4 nitrogen and oxygen atoms in total. The lowest BCUT2D eigenvalue weighted by Gasteiger charge is -2.14. The number of nitriles is 1. The van der Waals surface area contributed by atoms with Crippen LogP contribution in [0.2, 0.25) is 0 Å². The first-order valence-corrected chi connectivity index (χ1v) is 7.20. The molecule has 0 radical (unpaired) electrons. The molecule has 0 aliphatic rings. The van der Waals surface area contributed by atoms with Crippen molar-refractivity contribution >= 4 is 17.7 Å². The molecule has 0 spiro atoms. The Kier molecular flexibility index (Phi) is 6.37. The highest BCUT2D eigenvalue weighted by Crippen LogP contribution is 2.18. The Hall–Kier alpha value is -1.54. The maximum Gasteiger partial charge on any atom is 0.223 e. The first-order valence-electron chi connectivity index (χ1n) is 6.22. The Morgan fingerprint density at radius 1 is 1.47 bits per heavy atom. The second-order valence-corrected chi connectivity index (χ2v) is 5.56. The second-order valence-electron chi connectivity index (χ2n) is 4.45. The van der Waals surface area contributed by atoms with Gasteiger partial charge in [-0.25, -0.2) is 4.98 Å². The fraction of sp³-hybridized carbons (Fsp3) is 0.500. The molecule has 0 saturated heterocycles. The van der Waals surface area contributed by atoms with Crippen molar-refractivity contribution in [2.75, 3.05) is 19.3 Å². The van der Waals surface area contributed by atoms with Gasteiger partial charge in [0.05, 0.1) is 17.5 Å². The molecule has 5 heteroatoms. The van der Waals surface area contributed by atoms with Crippen LogP contribution >= 0.6 is 11.8 Å². The molecule has 1 amide bonds. The summed E-state index contributed by atoms with van der Waals surface area (Å²) in [5, 5.41) is 9.44. The van der Waals surface area contributed by atoms with E-state index in [2.05, 4.69) is 4.98 Å². The van der Waals surface area contributed by atoms with E-state index in [1.54, 1.807) is 23.7 Å². The third-order valence-corrected chi connectivity index (χ3v) is 3.54. The van der Waals surface area contributed by atoms with Gasteiger partial charge in [0.15, 0.2) is 0 Å². The topological polar surface area (TPSA) is 57.0 Å². The summed E-state index contributed by atoms with van der Waals surface area (Å²) in [5.41, 5.74) is 2.19. The SMILES string of the molecule is Cc1cc(C)nc(SCCC(=O)N(C)CCC#N)c1. The van der Waals surface area contributed by atoms with Crippen molar-refractivity contribution in [2.45, 2.75) is 31.7 Å². The van der Waals surface area contributed by atoms with Crippen molar-refractivity contribution in [1.29, 1.82) is 5.26 Å². The zero-order valence-corrected chi connectivity index (χ0v) is 12.5. The minimum Gasteiger partial charge on any atom is -0.345 e. The smallest absolute Gasteiger partial charge is 0.223 e. The molecule has 1 aromatic rings. The molecule has 1 rings (SSSR count). The van der Waals surface area contributed by atoms with Crippen LogP contribution < -0.4 is 0 Å². The van der Waals surface area contributed by atoms with Crippen LogP contribution in [0.5, 0.6) is 0 Å². The summed E-state index contributed by atoms with van der Waals surface area (Å²) in [6, 6.07) is 6.10. The average Bonchev–Trinajstić information content (AvgIpc) is 2.34. The summed E-state index contributed by atoms with van der Waals surface area (Å²) in [7, 11) is 1.74. The van der Waals surface area contributed by atoms with Crippen LogP contribution in [-0.2, 0) is 4.79 Å². The van der Waals surface area contributed by atoms with Crippen molar-refractivity contribution in [2.24, 2.45) is 0 Å². The van der Waals surface area contributed by atoms with E-state index in [9.17, 15) is 4.79 Å². The highest BCUT2D eigenvalue weighted by Gasteiger charge is 2.08. The number of carbonyl (C=O) groups excluding carboxylic acids is 1. The van der Waals surface area contributed by atoms with Crippen LogP contribution in [0.4, 0.5) is 0 Å². The molecule has 0 unspecified atom stereocenters. The summed E-state index contributed by atoms with van der Waals surface area (Å²) in [6.45, 7) is 4.51. The fourth-order valence-electron chi connectivity index (χ4n) is 1.65. The number of pyridine rings is 1. The van der Waals surface area contributed by atoms with Gasteiger partial charge in [-0.2, -0.15) is 5.26 Å². The predicted octanol–water partition coefficient (Wildman–Crippen LogP) is 2.55. The molecule has 0 aromatic carbocycles. The number of rotatable bonds is 6. The van der Waals surface area contributed by atoms with Crippen molar-refractivity contribution in [3.63, 3.8) is 0 Å². The summed E-state index contributed by atoms with van der Waals surface area (Å²) in [5.74, 6) is 0.790. The number of aryl methyl sites for hydroxylation is 2. The molecular weight excluding hydrogens is 258 g/mol. The van der Waals surface area contributed by atoms with Crippen LogP contribution in [0, 0.1) is 25.2 Å². The zero-order valence-electron chi connectivity index (χ0n) is 11.6. The first kappa shape index (κ1) is 15.5. The molecule has 0 fully saturated rings. The third-order valence-electron chi connectivity index (χ3n) is 2.62. The van der Waals surface area contributed by atoms with E-state index >= 15 is 0 Å². The quantitative estimate of drug-likeness (QED) is 0.750. The minimum atomic E-state index is 0.0760. The van der Waals surface area contributed by atoms with E-state index in [1.807, 2.05) is 32.0 Å². The van der Waals surface area contributed by atoms with Gasteiger partial charge in [0.25, 0.3) is 0 Å². The largest absolute Gasteiger partial charge is 0.345 e. The monoisotopic (exact) mass is 277 g/mol. The van der Waals surface area contributed by atoms with E-state index in [4.69, 9.17) is 5.26 Å². The number of amides is 1. The van der Waals surface area contributed by atoms with Crippen molar-refractivity contribution in [3.05, 3.63) is 23.4 Å². The van der Waals surface area contributed by atoms with Gasteiger partial charge in [0, 0.05) is 31.5 Å². The van der Waals surface area contributed by atoms with Gasteiger partial charge in [-0.05, 0) is 31.5 Å². The molecule has 1 heterocycles. The highest BCUT2D eigenvalue weighted by molar-refractivity contribution is 7.99. The summed E-state index contributed by atoms with van der Waals surface area (Å²) < 4.78 is 0. The minimum absolute atomic E-state index is 0.0760.